The number of nitriles is 1. The molecule has 10 heteroatoms. The van der Waals surface area contributed by atoms with Crippen molar-refractivity contribution in [2.45, 2.75) is 82.3 Å². The summed E-state index contributed by atoms with van der Waals surface area (Å²) >= 11 is 0. The molecule has 1 aliphatic heterocycles. The van der Waals surface area contributed by atoms with Crippen molar-refractivity contribution < 1.29 is 32.6 Å². The van der Waals surface area contributed by atoms with Crippen molar-refractivity contribution in [3.05, 3.63) is 59.2 Å². The molecular formula is C32H38F3N3O4. The number of carboxylic acids is 1. The number of ether oxygens (including phenoxy) is 1. The Bertz CT molecular complexity index is 1240. The van der Waals surface area contributed by atoms with Crippen LogP contribution in [0.5, 0.6) is 0 Å². The van der Waals surface area contributed by atoms with Crippen LogP contribution in [0.4, 0.5) is 24.5 Å². The molecule has 0 radical (unpaired) electrons. The van der Waals surface area contributed by atoms with Gasteiger partial charge < -0.3 is 20.1 Å². The van der Waals surface area contributed by atoms with E-state index < -0.39 is 24.5 Å². The average Bonchev–Trinajstić information content (AvgIpc) is 3.54. The van der Waals surface area contributed by atoms with E-state index in [2.05, 4.69) is 5.32 Å². The molecule has 0 spiro atoms. The fourth-order valence-electron chi connectivity index (χ4n) is 5.70. The molecule has 0 aromatic heterocycles. The van der Waals surface area contributed by atoms with Crippen LogP contribution in [0.3, 0.4) is 0 Å². The van der Waals surface area contributed by atoms with E-state index in [0.29, 0.717) is 28.9 Å². The summed E-state index contributed by atoms with van der Waals surface area (Å²) in [7, 11) is 0. The van der Waals surface area contributed by atoms with E-state index in [1.807, 2.05) is 6.07 Å². The standard InChI is InChI=1S/C28H30F3N3O3.C4H8O/c29-28(30,31)12-13-34(21-4-2-1-3-5-21)25-11-10-20(22-16-23(22)27(36)37)15-24(25)33-26(35)14-18-6-8-19(17-32)9-7-18;1-2-4-5-3-1/h6-11,15,21-23H,1-5,12-14,16H2,(H,33,35)(H,36,37);1-4H2/t22-,23-;/m1./s1. The summed E-state index contributed by atoms with van der Waals surface area (Å²) in [5.74, 6) is -1.89. The van der Waals surface area contributed by atoms with Crippen molar-refractivity contribution in [1.29, 1.82) is 5.26 Å². The zero-order valence-electron chi connectivity index (χ0n) is 23.7. The molecule has 3 aliphatic rings. The van der Waals surface area contributed by atoms with Gasteiger partial charge in [-0.2, -0.15) is 18.4 Å². The van der Waals surface area contributed by atoms with Gasteiger partial charge in [-0.05, 0) is 73.4 Å². The number of aliphatic carboxylic acids is 1. The van der Waals surface area contributed by atoms with Crippen LogP contribution < -0.4 is 10.2 Å². The second kappa shape index (κ2) is 14.5. The summed E-state index contributed by atoms with van der Waals surface area (Å²) in [6.07, 6.45) is 2.29. The van der Waals surface area contributed by atoms with E-state index >= 15 is 0 Å². The first kappa shape index (κ1) is 31.4. The number of carbonyl (C=O) groups excluding carboxylic acids is 1. The molecule has 1 amide bonds. The third-order valence-corrected chi connectivity index (χ3v) is 8.07. The highest BCUT2D eigenvalue weighted by Gasteiger charge is 2.44. The largest absolute Gasteiger partial charge is 0.481 e. The molecule has 2 aromatic carbocycles. The highest BCUT2D eigenvalue weighted by molar-refractivity contribution is 5.96. The van der Waals surface area contributed by atoms with Gasteiger partial charge in [-0.25, -0.2) is 0 Å². The Morgan fingerprint density at radius 1 is 1.02 bits per heavy atom. The lowest BCUT2D eigenvalue weighted by molar-refractivity contribution is -0.138. The molecular weight excluding hydrogens is 547 g/mol. The van der Waals surface area contributed by atoms with E-state index in [4.69, 9.17) is 10.00 Å². The number of hydrogen-bond acceptors (Lipinski definition) is 5. The number of nitrogens with one attached hydrogen (secondary N) is 1. The van der Waals surface area contributed by atoms with Gasteiger partial charge in [0.25, 0.3) is 0 Å². The van der Waals surface area contributed by atoms with E-state index in [-0.39, 0.29) is 30.8 Å². The van der Waals surface area contributed by atoms with Gasteiger partial charge in [-0.3, -0.25) is 9.59 Å². The van der Waals surface area contributed by atoms with Gasteiger partial charge in [-0.15, -0.1) is 0 Å². The highest BCUT2D eigenvalue weighted by Crippen LogP contribution is 2.49. The Labute approximate surface area is 244 Å². The number of alkyl halides is 3. The predicted molar refractivity (Wildman–Crippen MR) is 153 cm³/mol. The molecule has 1 saturated heterocycles. The van der Waals surface area contributed by atoms with Crippen molar-refractivity contribution in [3.63, 3.8) is 0 Å². The van der Waals surface area contributed by atoms with E-state index in [1.54, 1.807) is 47.4 Å². The smallest absolute Gasteiger partial charge is 0.390 e. The Balaban J connectivity index is 0.000000732. The Morgan fingerprint density at radius 3 is 2.26 bits per heavy atom. The molecule has 0 bridgehead atoms. The monoisotopic (exact) mass is 585 g/mol. The van der Waals surface area contributed by atoms with Gasteiger partial charge >= 0.3 is 12.1 Å². The Hall–Kier alpha value is -3.58. The third kappa shape index (κ3) is 9.21. The van der Waals surface area contributed by atoms with Crippen LogP contribution >= 0.6 is 0 Å². The maximum absolute atomic E-state index is 13.2. The molecule has 1 heterocycles. The summed E-state index contributed by atoms with van der Waals surface area (Å²) in [6.45, 7) is 1.78. The molecule has 2 atom stereocenters. The minimum absolute atomic E-state index is 0.0303. The zero-order chi connectivity index (χ0) is 30.1. The summed E-state index contributed by atoms with van der Waals surface area (Å²) < 4.78 is 44.6. The summed E-state index contributed by atoms with van der Waals surface area (Å²) in [5.41, 5.74) is 2.86. The fraction of sp³-hybridized carbons (Fsp3) is 0.531. The number of hydrogen-bond donors (Lipinski definition) is 2. The van der Waals surface area contributed by atoms with Crippen LogP contribution in [-0.4, -0.2) is 49.0 Å². The number of halogens is 3. The molecule has 3 fully saturated rings. The van der Waals surface area contributed by atoms with Crippen molar-refractivity contribution >= 4 is 23.3 Å². The number of nitrogens with zero attached hydrogens (tertiary/aromatic N) is 2. The first-order chi connectivity index (χ1) is 20.1. The lowest BCUT2D eigenvalue weighted by atomic mass is 9.93. The van der Waals surface area contributed by atoms with Crippen LogP contribution in [-0.2, 0) is 20.7 Å². The Morgan fingerprint density at radius 2 is 1.71 bits per heavy atom. The normalized spacial score (nSPS) is 20.1. The predicted octanol–water partition coefficient (Wildman–Crippen LogP) is 6.82. The summed E-state index contributed by atoms with van der Waals surface area (Å²) in [5, 5.41) is 21.2. The van der Waals surface area contributed by atoms with Gasteiger partial charge in [0.05, 0.1) is 41.8 Å². The van der Waals surface area contributed by atoms with Crippen LogP contribution in [0.15, 0.2) is 42.5 Å². The highest BCUT2D eigenvalue weighted by atomic mass is 19.4. The molecule has 2 aliphatic carbocycles. The van der Waals surface area contributed by atoms with Gasteiger partial charge in [0.2, 0.25) is 5.91 Å². The molecule has 0 unspecified atom stereocenters. The molecule has 7 nitrogen and oxygen atoms in total. The number of benzene rings is 2. The summed E-state index contributed by atoms with van der Waals surface area (Å²) in [4.78, 5) is 26.2. The number of rotatable bonds is 9. The molecule has 42 heavy (non-hydrogen) atoms. The third-order valence-electron chi connectivity index (χ3n) is 8.07. The number of carboxylic acid groups (broad SMARTS) is 1. The van der Waals surface area contributed by atoms with E-state index in [1.165, 1.54) is 12.8 Å². The number of amides is 1. The Kier molecular flexibility index (Phi) is 10.9. The maximum atomic E-state index is 13.2. The summed E-state index contributed by atoms with van der Waals surface area (Å²) in [6, 6.07) is 13.8. The van der Waals surface area contributed by atoms with Gasteiger partial charge in [0.1, 0.15) is 0 Å². The van der Waals surface area contributed by atoms with Crippen molar-refractivity contribution in [2.24, 2.45) is 5.92 Å². The first-order valence-electron chi connectivity index (χ1n) is 14.7. The SMILES string of the molecule is C1CCOC1.N#Cc1ccc(CC(=O)Nc2cc([C@H]3C[C@H]3C(=O)O)ccc2N(CCC(F)(F)F)C2CCCCC2)cc1. The minimum atomic E-state index is -4.31. The van der Waals surface area contributed by atoms with Crippen molar-refractivity contribution in [3.8, 4) is 6.07 Å². The van der Waals surface area contributed by atoms with Crippen molar-refractivity contribution in [2.75, 3.05) is 30.0 Å². The van der Waals surface area contributed by atoms with Crippen LogP contribution in [0.2, 0.25) is 0 Å². The molecule has 2 N–H and O–H groups in total. The number of anilines is 2. The second-order valence-electron chi connectivity index (χ2n) is 11.3. The lowest BCUT2D eigenvalue weighted by Gasteiger charge is -2.37. The zero-order valence-corrected chi connectivity index (χ0v) is 23.7. The molecule has 2 aromatic rings. The van der Waals surface area contributed by atoms with Crippen LogP contribution in [0.1, 0.15) is 80.4 Å². The number of carbonyl (C=O) groups is 2. The van der Waals surface area contributed by atoms with Gasteiger partial charge in [0.15, 0.2) is 0 Å². The van der Waals surface area contributed by atoms with Crippen LogP contribution in [0, 0.1) is 17.2 Å². The average molecular weight is 586 g/mol. The quantitative estimate of drug-likeness (QED) is 0.335. The van der Waals surface area contributed by atoms with Crippen molar-refractivity contribution in [1.82, 2.24) is 0 Å². The second-order valence-corrected chi connectivity index (χ2v) is 11.3. The maximum Gasteiger partial charge on any atom is 0.390 e. The molecule has 226 valence electrons. The fourth-order valence-corrected chi connectivity index (χ4v) is 5.70. The molecule has 2 saturated carbocycles. The first-order valence-corrected chi connectivity index (χ1v) is 14.7. The van der Waals surface area contributed by atoms with Gasteiger partial charge in [0, 0.05) is 25.8 Å². The lowest BCUT2D eigenvalue weighted by Crippen LogP contribution is -2.39. The minimum Gasteiger partial charge on any atom is -0.481 e. The molecule has 5 rings (SSSR count). The van der Waals surface area contributed by atoms with Crippen LogP contribution in [0.25, 0.3) is 0 Å². The van der Waals surface area contributed by atoms with Gasteiger partial charge in [-0.1, -0.05) is 37.5 Å². The van der Waals surface area contributed by atoms with E-state index in [9.17, 15) is 27.9 Å². The topological polar surface area (TPSA) is 103 Å². The van der Waals surface area contributed by atoms with E-state index in [0.717, 1.165) is 50.9 Å².